The monoisotopic (exact) mass is 449 g/mol. The summed E-state index contributed by atoms with van der Waals surface area (Å²) >= 11 is 0. The van der Waals surface area contributed by atoms with Crippen molar-refractivity contribution in [3.05, 3.63) is 0 Å². The molecule has 4 bridgehead atoms. The summed E-state index contributed by atoms with van der Waals surface area (Å²) in [4.78, 5) is 28.3. The predicted octanol–water partition coefficient (Wildman–Crippen LogP) is 1.64. The summed E-state index contributed by atoms with van der Waals surface area (Å²) in [5.74, 6) is -1.91. The lowest BCUT2D eigenvalue weighted by molar-refractivity contribution is -0.132. The first-order valence-electron chi connectivity index (χ1n) is 12.1. The Morgan fingerprint density at radius 2 is 1.62 bits per heavy atom. The smallest absolute Gasteiger partial charge is 0.267 e. The Bertz CT molecular complexity index is 814. The van der Waals surface area contributed by atoms with Gasteiger partial charge in [-0.25, -0.2) is 8.78 Å². The normalized spacial score (nSPS) is 39.5. The van der Waals surface area contributed by atoms with Crippen LogP contribution in [-0.4, -0.2) is 77.4 Å². The van der Waals surface area contributed by atoms with Crippen molar-refractivity contribution in [2.45, 2.75) is 80.8 Å². The summed E-state index contributed by atoms with van der Waals surface area (Å²) < 4.78 is 27.0. The topological polar surface area (TPSA) is 88.5 Å². The third-order valence-corrected chi connectivity index (χ3v) is 8.53. The maximum Gasteiger partial charge on any atom is 0.267 e. The molecule has 176 valence electrons. The first-order valence-corrected chi connectivity index (χ1v) is 12.1. The van der Waals surface area contributed by atoms with E-state index in [-0.39, 0.29) is 55.0 Å². The van der Waals surface area contributed by atoms with Crippen LogP contribution in [0.5, 0.6) is 0 Å². The van der Waals surface area contributed by atoms with Gasteiger partial charge in [0, 0.05) is 30.6 Å². The second-order valence-electron chi connectivity index (χ2n) is 11.0. The Morgan fingerprint density at radius 3 is 2.19 bits per heavy atom. The summed E-state index contributed by atoms with van der Waals surface area (Å²) in [5, 5.41) is 16.4. The van der Waals surface area contributed by atoms with Gasteiger partial charge >= 0.3 is 0 Å². The molecule has 32 heavy (non-hydrogen) atoms. The third kappa shape index (κ3) is 4.12. The minimum absolute atomic E-state index is 0.00283. The van der Waals surface area contributed by atoms with Gasteiger partial charge in [0.25, 0.3) is 5.92 Å². The van der Waals surface area contributed by atoms with Crippen LogP contribution in [0.3, 0.4) is 0 Å². The fourth-order valence-corrected chi connectivity index (χ4v) is 7.56. The van der Waals surface area contributed by atoms with Gasteiger partial charge in [0.05, 0.1) is 25.7 Å². The number of rotatable bonds is 6. The zero-order valence-corrected chi connectivity index (χ0v) is 18.5. The largest absolute Gasteiger partial charge is 0.335 e. The predicted molar refractivity (Wildman–Crippen MR) is 113 cm³/mol. The van der Waals surface area contributed by atoms with Crippen LogP contribution in [-0.2, 0) is 9.59 Å². The molecule has 4 saturated carbocycles. The number of carbonyl (C=O) groups is 2. The first kappa shape index (κ1) is 22.0. The Labute approximate surface area is 187 Å². The van der Waals surface area contributed by atoms with Crippen molar-refractivity contribution in [2.75, 3.05) is 32.7 Å². The van der Waals surface area contributed by atoms with E-state index in [1.807, 2.05) is 0 Å². The van der Waals surface area contributed by atoms with Gasteiger partial charge < -0.3 is 20.4 Å². The first-order chi connectivity index (χ1) is 15.2. The van der Waals surface area contributed by atoms with Crippen molar-refractivity contribution < 1.29 is 18.4 Å². The van der Waals surface area contributed by atoms with Crippen LogP contribution in [0.2, 0.25) is 0 Å². The van der Waals surface area contributed by atoms with Crippen LogP contribution >= 0.6 is 0 Å². The van der Waals surface area contributed by atoms with Crippen molar-refractivity contribution in [3.8, 4) is 6.07 Å². The Hall–Kier alpha value is -1.79. The maximum atomic E-state index is 13.5. The fourth-order valence-electron chi connectivity index (χ4n) is 7.56. The van der Waals surface area contributed by atoms with Gasteiger partial charge in [0.1, 0.15) is 6.04 Å². The highest BCUT2D eigenvalue weighted by atomic mass is 19.3. The lowest BCUT2D eigenvalue weighted by atomic mass is 9.50. The lowest BCUT2D eigenvalue weighted by Gasteiger charge is -2.62. The van der Waals surface area contributed by atoms with E-state index >= 15 is 0 Å². The van der Waals surface area contributed by atoms with E-state index in [0.717, 1.165) is 44.9 Å². The molecule has 0 aromatic heterocycles. The average Bonchev–Trinajstić information content (AvgIpc) is 3.35. The minimum atomic E-state index is -2.77. The Balaban J connectivity index is 1.21. The highest BCUT2D eigenvalue weighted by molar-refractivity contribution is 5.79. The van der Waals surface area contributed by atoms with Gasteiger partial charge in [0.15, 0.2) is 0 Å². The molecule has 2 heterocycles. The van der Waals surface area contributed by atoms with Gasteiger partial charge in [-0.3, -0.25) is 9.59 Å². The molecule has 6 fully saturated rings. The number of amides is 2. The molecule has 2 N–H and O–H groups in total. The molecule has 6 aliphatic rings. The van der Waals surface area contributed by atoms with E-state index in [9.17, 15) is 23.6 Å². The molecule has 0 radical (unpaired) electrons. The zero-order valence-electron chi connectivity index (χ0n) is 18.5. The molecule has 3 atom stereocenters. The summed E-state index contributed by atoms with van der Waals surface area (Å²) in [5.41, 5.74) is -0.292. The van der Waals surface area contributed by atoms with Gasteiger partial charge in [-0.1, -0.05) is 0 Å². The molecular weight excluding hydrogens is 416 g/mol. The standard InChI is InChI=1S/C23H33F2N5O2/c24-23(25)3-5-29(15-23)19(31)12-27-21-7-16-6-17(8-21)10-22(9-16,14-21)28-13-20(32)30-4-1-2-18(30)11-26/h16-18,27-28H,1-10,12-15H2/t16?,17?,18-,21?,22?/m0/s1. The van der Waals surface area contributed by atoms with Crippen LogP contribution in [0, 0.1) is 23.2 Å². The van der Waals surface area contributed by atoms with Crippen LogP contribution in [0.4, 0.5) is 8.78 Å². The molecule has 7 nitrogen and oxygen atoms in total. The Morgan fingerprint density at radius 1 is 1.00 bits per heavy atom. The minimum Gasteiger partial charge on any atom is -0.335 e. The summed E-state index contributed by atoms with van der Waals surface area (Å²) in [7, 11) is 0. The highest BCUT2D eigenvalue weighted by Gasteiger charge is 2.57. The second-order valence-corrected chi connectivity index (χ2v) is 11.0. The lowest BCUT2D eigenvalue weighted by Crippen LogP contribution is -2.69. The Kier molecular flexibility index (Phi) is 5.44. The molecule has 2 aliphatic heterocycles. The molecule has 0 aromatic rings. The van der Waals surface area contributed by atoms with Crippen LogP contribution < -0.4 is 10.6 Å². The summed E-state index contributed by atoms with van der Waals surface area (Å²) in [6.07, 6.45) is 7.51. The molecule has 2 amide bonds. The van der Waals surface area contributed by atoms with Crippen LogP contribution in [0.1, 0.15) is 57.8 Å². The number of nitrogens with zero attached hydrogens (tertiary/aromatic N) is 3. The number of likely N-dealkylation sites (tertiary alicyclic amines) is 2. The molecular formula is C23H33F2N5O2. The number of carbonyl (C=O) groups excluding carboxylic acids is 2. The molecule has 6 rings (SSSR count). The van der Waals surface area contributed by atoms with Gasteiger partial charge in [-0.05, 0) is 63.2 Å². The van der Waals surface area contributed by atoms with Crippen molar-refractivity contribution in [1.29, 1.82) is 5.26 Å². The van der Waals surface area contributed by atoms with Gasteiger partial charge in [-0.15, -0.1) is 0 Å². The molecule has 4 aliphatic carbocycles. The highest BCUT2D eigenvalue weighted by Crippen LogP contribution is 2.57. The summed E-state index contributed by atoms with van der Waals surface area (Å²) in [6.45, 7) is 0.650. The van der Waals surface area contributed by atoms with E-state index in [4.69, 9.17) is 0 Å². The summed E-state index contributed by atoms with van der Waals surface area (Å²) in [6, 6.07) is 1.93. The number of nitrogens with one attached hydrogen (secondary N) is 2. The number of nitriles is 1. The molecule has 0 aromatic carbocycles. The maximum absolute atomic E-state index is 13.5. The van der Waals surface area contributed by atoms with Crippen LogP contribution in [0.25, 0.3) is 0 Å². The van der Waals surface area contributed by atoms with E-state index < -0.39 is 12.5 Å². The van der Waals surface area contributed by atoms with E-state index in [2.05, 4.69) is 16.7 Å². The van der Waals surface area contributed by atoms with Crippen molar-refractivity contribution in [3.63, 3.8) is 0 Å². The van der Waals surface area contributed by atoms with Crippen LogP contribution in [0.15, 0.2) is 0 Å². The van der Waals surface area contributed by atoms with Crippen molar-refractivity contribution in [2.24, 2.45) is 11.8 Å². The van der Waals surface area contributed by atoms with E-state index in [1.54, 1.807) is 4.90 Å². The number of alkyl halides is 2. The molecule has 2 saturated heterocycles. The van der Waals surface area contributed by atoms with Crippen molar-refractivity contribution >= 4 is 11.8 Å². The van der Waals surface area contributed by atoms with E-state index in [1.165, 1.54) is 11.3 Å². The van der Waals surface area contributed by atoms with Crippen molar-refractivity contribution in [1.82, 2.24) is 20.4 Å². The average molecular weight is 450 g/mol. The third-order valence-electron chi connectivity index (χ3n) is 8.53. The number of halogens is 2. The molecule has 9 heteroatoms. The quantitative estimate of drug-likeness (QED) is 0.644. The van der Waals surface area contributed by atoms with Gasteiger partial charge in [0.2, 0.25) is 11.8 Å². The molecule has 2 unspecified atom stereocenters. The zero-order chi connectivity index (χ0) is 22.6. The van der Waals surface area contributed by atoms with E-state index in [0.29, 0.717) is 18.4 Å². The SMILES string of the molecule is N#C[C@@H]1CCCN1C(=O)CNC12CC3CC(CC(NCC(=O)N4CCC(F)(F)C4)(C3)C1)C2. The molecule has 0 spiro atoms. The van der Waals surface area contributed by atoms with Gasteiger partial charge in [-0.2, -0.15) is 5.26 Å². The fraction of sp³-hybridized carbons (Fsp3) is 0.870. The number of hydrogen-bond acceptors (Lipinski definition) is 5. The second kappa shape index (κ2) is 7.91. The number of hydrogen-bond donors (Lipinski definition) is 2.